The molecule has 0 fully saturated rings. The Hall–Kier alpha value is -0.890. The van der Waals surface area contributed by atoms with Gasteiger partial charge in [0.05, 0.1) is 11.5 Å². The van der Waals surface area contributed by atoms with Gasteiger partial charge in [-0.3, -0.25) is 0 Å². The van der Waals surface area contributed by atoms with Gasteiger partial charge in [-0.25, -0.2) is 0 Å². The van der Waals surface area contributed by atoms with E-state index in [2.05, 4.69) is 0 Å². The summed E-state index contributed by atoms with van der Waals surface area (Å²) in [6, 6.07) is 13.0. The fraction of sp³-hybridized carbons (Fsp3) is 0.250. The smallest absolute Gasteiger partial charge is 0.120 e. The molecular weight excluding hydrogens is 315 g/mol. The quantitative estimate of drug-likeness (QED) is 0.615. The van der Waals surface area contributed by atoms with Crippen LogP contribution in [0.2, 0.25) is 10.0 Å². The third-order valence-corrected chi connectivity index (χ3v) is 3.82. The van der Waals surface area contributed by atoms with Gasteiger partial charge < -0.3 is 4.74 Å². The van der Waals surface area contributed by atoms with E-state index >= 15 is 0 Å². The molecule has 1 nitrogen and oxygen atoms in total. The van der Waals surface area contributed by atoms with Crippen LogP contribution in [0.5, 0.6) is 5.75 Å². The molecule has 0 saturated carbocycles. The second-order valence-corrected chi connectivity index (χ2v) is 6.05. The van der Waals surface area contributed by atoms with Gasteiger partial charge in [0.15, 0.2) is 0 Å². The topological polar surface area (TPSA) is 9.23 Å². The Morgan fingerprint density at radius 2 is 1.75 bits per heavy atom. The van der Waals surface area contributed by atoms with Gasteiger partial charge in [0.2, 0.25) is 0 Å². The molecule has 2 aromatic rings. The Balaban J connectivity index is 2.33. The average molecular weight is 330 g/mol. The highest BCUT2D eigenvalue weighted by Gasteiger charge is 2.15. The van der Waals surface area contributed by atoms with Crippen LogP contribution in [0.15, 0.2) is 42.5 Å². The van der Waals surface area contributed by atoms with E-state index in [1.807, 2.05) is 38.1 Å². The van der Waals surface area contributed by atoms with Crippen molar-refractivity contribution in [1.82, 2.24) is 0 Å². The van der Waals surface area contributed by atoms with E-state index in [-0.39, 0.29) is 11.5 Å². The molecule has 0 aliphatic carbocycles. The summed E-state index contributed by atoms with van der Waals surface area (Å²) >= 11 is 18.7. The van der Waals surface area contributed by atoms with Crippen LogP contribution in [0, 0.1) is 0 Å². The summed E-state index contributed by atoms with van der Waals surface area (Å²) in [5, 5.41) is 0.853. The number of ether oxygens (including phenoxy) is 1. The second-order valence-electron chi connectivity index (χ2n) is 4.77. The fourth-order valence-corrected chi connectivity index (χ4v) is 2.69. The summed E-state index contributed by atoms with van der Waals surface area (Å²) < 4.78 is 5.68. The van der Waals surface area contributed by atoms with Crippen LogP contribution in [0.1, 0.15) is 30.4 Å². The van der Waals surface area contributed by atoms with Crippen LogP contribution in [0.3, 0.4) is 0 Å². The lowest BCUT2D eigenvalue weighted by molar-refractivity contribution is 0.242. The molecule has 0 amide bonds. The lowest BCUT2D eigenvalue weighted by Gasteiger charge is -2.15. The maximum atomic E-state index is 6.52. The molecule has 0 aliphatic heterocycles. The minimum atomic E-state index is -0.364. The standard InChI is InChI=1S/C16H15Cl3O/c1-10(2)20-13-5-3-4-11(8-13)16(19)14-9-12(17)6-7-15(14)18/h3-10,16H,1-2H3. The van der Waals surface area contributed by atoms with Gasteiger partial charge in [-0.2, -0.15) is 0 Å². The summed E-state index contributed by atoms with van der Waals surface area (Å²) in [6.07, 6.45) is 0.119. The van der Waals surface area contributed by atoms with Crippen molar-refractivity contribution < 1.29 is 4.74 Å². The number of halogens is 3. The molecule has 2 aromatic carbocycles. The van der Waals surface area contributed by atoms with Crippen molar-refractivity contribution in [3.8, 4) is 5.75 Å². The van der Waals surface area contributed by atoms with Gasteiger partial charge in [-0.1, -0.05) is 35.3 Å². The van der Waals surface area contributed by atoms with Crippen molar-refractivity contribution in [2.45, 2.75) is 25.3 Å². The zero-order valence-electron chi connectivity index (χ0n) is 11.2. The lowest BCUT2D eigenvalue weighted by atomic mass is 10.0. The van der Waals surface area contributed by atoms with Gasteiger partial charge in [0, 0.05) is 10.0 Å². The molecule has 0 bridgehead atoms. The molecule has 0 aromatic heterocycles. The molecule has 0 spiro atoms. The molecule has 0 N–H and O–H groups in total. The minimum absolute atomic E-state index is 0.119. The predicted octanol–water partition coefficient (Wildman–Crippen LogP) is 6.11. The maximum Gasteiger partial charge on any atom is 0.120 e. The first-order valence-corrected chi connectivity index (χ1v) is 7.52. The molecule has 1 unspecified atom stereocenters. The van der Waals surface area contributed by atoms with Gasteiger partial charge in [-0.05, 0) is 55.3 Å². The van der Waals surface area contributed by atoms with Gasteiger partial charge >= 0.3 is 0 Å². The number of rotatable bonds is 4. The predicted molar refractivity (Wildman–Crippen MR) is 86.4 cm³/mol. The van der Waals surface area contributed by atoms with E-state index in [1.54, 1.807) is 18.2 Å². The summed E-state index contributed by atoms with van der Waals surface area (Å²) in [5.41, 5.74) is 1.72. The summed E-state index contributed by atoms with van der Waals surface area (Å²) in [4.78, 5) is 0. The zero-order valence-corrected chi connectivity index (χ0v) is 13.5. The van der Waals surface area contributed by atoms with E-state index in [1.165, 1.54) is 0 Å². The highest BCUT2D eigenvalue weighted by molar-refractivity contribution is 6.35. The molecule has 0 aliphatic rings. The van der Waals surface area contributed by atoms with E-state index < -0.39 is 0 Å². The maximum absolute atomic E-state index is 6.52. The summed E-state index contributed by atoms with van der Waals surface area (Å²) in [5.74, 6) is 0.793. The van der Waals surface area contributed by atoms with Gasteiger partial charge in [0.25, 0.3) is 0 Å². The molecule has 2 rings (SSSR count). The van der Waals surface area contributed by atoms with E-state index in [0.717, 1.165) is 16.9 Å². The zero-order chi connectivity index (χ0) is 14.7. The van der Waals surface area contributed by atoms with Crippen LogP contribution in [0.25, 0.3) is 0 Å². The van der Waals surface area contributed by atoms with Crippen LogP contribution in [-0.2, 0) is 0 Å². The van der Waals surface area contributed by atoms with E-state index in [0.29, 0.717) is 10.0 Å². The minimum Gasteiger partial charge on any atom is -0.491 e. The van der Waals surface area contributed by atoms with Crippen molar-refractivity contribution in [3.05, 3.63) is 63.6 Å². The van der Waals surface area contributed by atoms with Crippen molar-refractivity contribution in [2.75, 3.05) is 0 Å². The first-order valence-electron chi connectivity index (χ1n) is 6.33. The Bertz CT molecular complexity index is 596. The number of hydrogen-bond acceptors (Lipinski definition) is 1. The lowest BCUT2D eigenvalue weighted by Crippen LogP contribution is -2.06. The molecule has 0 heterocycles. The largest absolute Gasteiger partial charge is 0.491 e. The van der Waals surface area contributed by atoms with Crippen molar-refractivity contribution in [3.63, 3.8) is 0 Å². The molecule has 4 heteroatoms. The van der Waals surface area contributed by atoms with Crippen LogP contribution in [0.4, 0.5) is 0 Å². The van der Waals surface area contributed by atoms with E-state index in [4.69, 9.17) is 39.5 Å². The number of benzene rings is 2. The number of hydrogen-bond donors (Lipinski definition) is 0. The Kier molecular flexibility index (Phi) is 5.20. The Morgan fingerprint density at radius 1 is 1.00 bits per heavy atom. The first kappa shape index (κ1) is 15.5. The fourth-order valence-electron chi connectivity index (χ4n) is 1.91. The van der Waals surface area contributed by atoms with Gasteiger partial charge in [0.1, 0.15) is 5.75 Å². The number of alkyl halides is 1. The van der Waals surface area contributed by atoms with Crippen LogP contribution in [-0.4, -0.2) is 6.10 Å². The van der Waals surface area contributed by atoms with Crippen LogP contribution >= 0.6 is 34.8 Å². The summed E-state index contributed by atoms with van der Waals surface area (Å²) in [7, 11) is 0. The highest BCUT2D eigenvalue weighted by Crippen LogP contribution is 2.36. The molecule has 0 saturated heterocycles. The molecule has 1 atom stereocenters. The second kappa shape index (κ2) is 6.71. The monoisotopic (exact) mass is 328 g/mol. The highest BCUT2D eigenvalue weighted by atomic mass is 35.5. The Morgan fingerprint density at radius 3 is 2.45 bits per heavy atom. The normalized spacial score (nSPS) is 12.5. The third-order valence-electron chi connectivity index (χ3n) is 2.75. The van der Waals surface area contributed by atoms with Crippen LogP contribution < -0.4 is 4.74 Å². The molecule has 0 radical (unpaired) electrons. The van der Waals surface area contributed by atoms with Crippen molar-refractivity contribution in [2.24, 2.45) is 0 Å². The SMILES string of the molecule is CC(C)Oc1cccc(C(Cl)c2cc(Cl)ccc2Cl)c1. The van der Waals surface area contributed by atoms with Crippen molar-refractivity contribution in [1.29, 1.82) is 0 Å². The first-order chi connectivity index (χ1) is 9.47. The van der Waals surface area contributed by atoms with Gasteiger partial charge in [-0.15, -0.1) is 11.6 Å². The summed E-state index contributed by atoms with van der Waals surface area (Å²) in [6.45, 7) is 3.97. The van der Waals surface area contributed by atoms with E-state index in [9.17, 15) is 0 Å². The Labute approximate surface area is 134 Å². The molecular formula is C16H15Cl3O. The third kappa shape index (κ3) is 3.82. The molecule has 20 heavy (non-hydrogen) atoms. The molecule has 106 valence electrons. The van der Waals surface area contributed by atoms with Crippen molar-refractivity contribution >= 4 is 34.8 Å². The average Bonchev–Trinajstić information content (AvgIpc) is 2.40.